The zero-order valence-corrected chi connectivity index (χ0v) is 20.7. The number of carbonyl (C=O) groups excluding carboxylic acids is 1. The number of anilines is 1. The van der Waals surface area contributed by atoms with Crippen molar-refractivity contribution in [3.8, 4) is 0 Å². The van der Waals surface area contributed by atoms with Gasteiger partial charge < -0.3 is 0 Å². The van der Waals surface area contributed by atoms with Crippen LogP contribution in [0.15, 0.2) is 71.6 Å². The van der Waals surface area contributed by atoms with E-state index in [1.165, 1.54) is 11.3 Å². The summed E-state index contributed by atoms with van der Waals surface area (Å²) in [5, 5.41) is 2.13. The van der Waals surface area contributed by atoms with Crippen molar-refractivity contribution in [2.24, 2.45) is 0 Å². The zero-order chi connectivity index (χ0) is 22.5. The zero-order valence-electron chi connectivity index (χ0n) is 17.6. The molecule has 1 heterocycles. The number of aryl methyl sites for hydroxylation is 1. The molecule has 0 N–H and O–H groups in total. The molecule has 0 radical (unpaired) electrons. The number of hydrogen-bond donors (Lipinski definition) is 0. The number of benzene rings is 3. The van der Waals surface area contributed by atoms with Gasteiger partial charge in [0, 0.05) is 21.4 Å². The predicted molar refractivity (Wildman–Crippen MR) is 138 cm³/mol. The Hall–Kier alpha value is -2.05. The van der Waals surface area contributed by atoms with E-state index in [1.807, 2.05) is 73.7 Å². The molecule has 4 rings (SSSR count). The maximum Gasteiger partial charge on any atom is 0.229 e. The first-order valence-corrected chi connectivity index (χ1v) is 12.9. The van der Waals surface area contributed by atoms with Gasteiger partial charge in [-0.25, -0.2) is 4.98 Å². The molecule has 164 valence electrons. The normalized spacial score (nSPS) is 11.1. The number of aromatic nitrogens is 1. The third kappa shape index (κ3) is 5.65. The summed E-state index contributed by atoms with van der Waals surface area (Å²) in [6.07, 6.45) is 1.25. The fraction of sp³-hybridized carbons (Fsp3) is 0.200. The molecule has 7 heteroatoms. The molecule has 0 bridgehead atoms. The summed E-state index contributed by atoms with van der Waals surface area (Å²) >= 11 is 15.5. The first-order valence-electron chi connectivity index (χ1n) is 10.3. The Kier molecular flexibility index (Phi) is 7.74. The number of thiazole rings is 1. The van der Waals surface area contributed by atoms with E-state index < -0.39 is 0 Å². The number of nitrogens with zero attached hydrogens (tertiary/aromatic N) is 2. The Morgan fingerprint density at radius 3 is 2.53 bits per heavy atom. The largest absolute Gasteiger partial charge is 0.284 e. The van der Waals surface area contributed by atoms with E-state index in [9.17, 15) is 4.79 Å². The van der Waals surface area contributed by atoms with E-state index in [0.29, 0.717) is 23.1 Å². The van der Waals surface area contributed by atoms with E-state index in [1.54, 1.807) is 16.7 Å². The molecule has 0 aliphatic carbocycles. The summed E-state index contributed by atoms with van der Waals surface area (Å²) in [7, 11) is 0. The van der Waals surface area contributed by atoms with Crippen LogP contribution in [0.2, 0.25) is 10.0 Å². The number of rotatable bonds is 8. The second kappa shape index (κ2) is 10.7. The minimum absolute atomic E-state index is 0.0772. The van der Waals surface area contributed by atoms with Crippen LogP contribution in [-0.2, 0) is 11.3 Å². The second-order valence-electron chi connectivity index (χ2n) is 7.39. The summed E-state index contributed by atoms with van der Waals surface area (Å²) in [4.78, 5) is 21.0. The van der Waals surface area contributed by atoms with Crippen molar-refractivity contribution >= 4 is 67.6 Å². The van der Waals surface area contributed by atoms with Gasteiger partial charge in [0.25, 0.3) is 0 Å². The van der Waals surface area contributed by atoms with Gasteiger partial charge in [-0.3, -0.25) is 9.69 Å². The van der Waals surface area contributed by atoms with Gasteiger partial charge in [0.1, 0.15) is 0 Å². The molecule has 0 saturated carbocycles. The van der Waals surface area contributed by atoms with E-state index in [2.05, 4.69) is 0 Å². The first kappa shape index (κ1) is 23.1. The summed E-state index contributed by atoms with van der Waals surface area (Å²) < 4.78 is 1.03. The maximum atomic E-state index is 13.3. The number of fused-ring (bicyclic) bond motifs is 1. The van der Waals surface area contributed by atoms with Crippen molar-refractivity contribution in [3.05, 3.63) is 87.9 Å². The number of hydrogen-bond acceptors (Lipinski definition) is 4. The van der Waals surface area contributed by atoms with Crippen LogP contribution in [-0.4, -0.2) is 16.6 Å². The lowest BCUT2D eigenvalue weighted by Gasteiger charge is -2.20. The van der Waals surface area contributed by atoms with Crippen LogP contribution in [0, 0.1) is 6.92 Å². The highest BCUT2D eigenvalue weighted by Crippen LogP contribution is 2.34. The minimum Gasteiger partial charge on any atom is -0.284 e. The Bertz CT molecular complexity index is 1210. The van der Waals surface area contributed by atoms with E-state index in [0.717, 1.165) is 43.4 Å². The Morgan fingerprint density at radius 1 is 1.03 bits per heavy atom. The van der Waals surface area contributed by atoms with Crippen LogP contribution in [0.25, 0.3) is 10.2 Å². The highest BCUT2D eigenvalue weighted by molar-refractivity contribution is 7.99. The smallest absolute Gasteiger partial charge is 0.229 e. The van der Waals surface area contributed by atoms with Gasteiger partial charge in [-0.2, -0.15) is 0 Å². The van der Waals surface area contributed by atoms with Crippen molar-refractivity contribution in [2.45, 2.75) is 31.2 Å². The second-order valence-corrected chi connectivity index (χ2v) is 10.4. The average Bonchev–Trinajstić information content (AvgIpc) is 3.24. The number of halogens is 2. The Labute approximate surface area is 206 Å². The van der Waals surface area contributed by atoms with Crippen molar-refractivity contribution in [1.82, 2.24) is 4.98 Å². The van der Waals surface area contributed by atoms with Gasteiger partial charge in [0.05, 0.1) is 16.8 Å². The third-order valence-corrected chi connectivity index (χ3v) is 7.87. The summed E-state index contributed by atoms with van der Waals surface area (Å²) in [6, 6.07) is 21.7. The molecule has 3 nitrogen and oxygen atoms in total. The van der Waals surface area contributed by atoms with Crippen LogP contribution >= 0.6 is 46.3 Å². The molecule has 0 unspecified atom stereocenters. The van der Waals surface area contributed by atoms with Gasteiger partial charge in [0.2, 0.25) is 5.91 Å². The molecular weight excluding hydrogens is 479 g/mol. The quantitative estimate of drug-likeness (QED) is 0.181. The molecule has 0 atom stereocenters. The third-order valence-electron chi connectivity index (χ3n) is 5.07. The number of thioether (sulfide) groups is 1. The summed E-state index contributed by atoms with van der Waals surface area (Å²) in [5.41, 5.74) is 2.88. The summed E-state index contributed by atoms with van der Waals surface area (Å²) in [6.45, 7) is 2.46. The lowest BCUT2D eigenvalue weighted by atomic mass is 10.2. The standard InChI is InChI=1S/C25H22Cl2N2OS2/c1-17-21(27)13-14-22-24(17)28-25(32-22)29(16-18-6-3-2-4-7-18)23(30)8-5-15-31-20-11-9-19(26)10-12-20/h2-4,6-7,9-14H,5,8,15-16H2,1H3. The molecule has 0 saturated heterocycles. The van der Waals surface area contributed by atoms with E-state index in [-0.39, 0.29) is 5.91 Å². The Morgan fingerprint density at radius 2 is 1.78 bits per heavy atom. The van der Waals surface area contributed by atoms with Crippen molar-refractivity contribution in [1.29, 1.82) is 0 Å². The van der Waals surface area contributed by atoms with Gasteiger partial charge in [0.15, 0.2) is 5.13 Å². The molecule has 0 aliphatic heterocycles. The maximum absolute atomic E-state index is 13.3. The molecule has 0 fully saturated rings. The average molecular weight is 502 g/mol. The first-order chi connectivity index (χ1) is 15.5. The molecule has 1 amide bonds. The molecule has 32 heavy (non-hydrogen) atoms. The van der Waals surface area contributed by atoms with Crippen LogP contribution in [0.5, 0.6) is 0 Å². The van der Waals surface area contributed by atoms with Crippen LogP contribution in [0.4, 0.5) is 5.13 Å². The van der Waals surface area contributed by atoms with Crippen molar-refractivity contribution < 1.29 is 4.79 Å². The molecule has 0 spiro atoms. The highest BCUT2D eigenvalue weighted by atomic mass is 35.5. The lowest BCUT2D eigenvalue weighted by molar-refractivity contribution is -0.118. The molecule has 4 aromatic rings. The minimum atomic E-state index is 0.0772. The van der Waals surface area contributed by atoms with Crippen molar-refractivity contribution in [2.75, 3.05) is 10.7 Å². The topological polar surface area (TPSA) is 33.2 Å². The van der Waals surface area contributed by atoms with Gasteiger partial charge >= 0.3 is 0 Å². The van der Waals surface area contributed by atoms with E-state index in [4.69, 9.17) is 28.2 Å². The highest BCUT2D eigenvalue weighted by Gasteiger charge is 2.21. The molecular formula is C25H22Cl2N2OS2. The fourth-order valence-corrected chi connectivity index (χ4v) is 5.49. The number of carbonyl (C=O) groups is 1. The van der Waals surface area contributed by atoms with Gasteiger partial charge in [-0.15, -0.1) is 11.8 Å². The molecule has 1 aromatic heterocycles. The van der Waals surface area contributed by atoms with Crippen LogP contribution in [0.1, 0.15) is 24.0 Å². The van der Waals surface area contributed by atoms with Crippen LogP contribution in [0.3, 0.4) is 0 Å². The van der Waals surface area contributed by atoms with E-state index >= 15 is 0 Å². The van der Waals surface area contributed by atoms with Gasteiger partial charge in [-0.05, 0) is 66.6 Å². The SMILES string of the molecule is Cc1c(Cl)ccc2sc(N(Cc3ccccc3)C(=O)CCCSc3ccc(Cl)cc3)nc12. The number of amides is 1. The lowest BCUT2D eigenvalue weighted by Crippen LogP contribution is -2.30. The van der Waals surface area contributed by atoms with Crippen molar-refractivity contribution in [3.63, 3.8) is 0 Å². The molecule has 0 aliphatic rings. The van der Waals surface area contributed by atoms with Crippen LogP contribution < -0.4 is 4.90 Å². The monoisotopic (exact) mass is 500 g/mol. The fourth-order valence-electron chi connectivity index (χ4n) is 3.31. The Balaban J connectivity index is 1.49. The molecule has 3 aromatic carbocycles. The predicted octanol–water partition coefficient (Wildman–Crippen LogP) is 8.02. The summed E-state index contributed by atoms with van der Waals surface area (Å²) in [5.74, 6) is 0.939. The van der Waals surface area contributed by atoms with Gasteiger partial charge in [-0.1, -0.05) is 64.9 Å².